The molecule has 1 unspecified atom stereocenters. The number of anilines is 1. The van der Waals surface area contributed by atoms with Crippen molar-refractivity contribution in [1.82, 2.24) is 0 Å². The Morgan fingerprint density at radius 2 is 1.96 bits per heavy atom. The number of nitrogens with one attached hydrogen (secondary N) is 1. The van der Waals surface area contributed by atoms with E-state index >= 15 is 0 Å². The third kappa shape index (κ3) is 6.40. The van der Waals surface area contributed by atoms with Gasteiger partial charge in [0.05, 0.1) is 13.2 Å². The number of nitrogens with zero attached hydrogens (tertiary/aromatic N) is 1. The zero-order valence-corrected chi connectivity index (χ0v) is 14.0. The summed E-state index contributed by atoms with van der Waals surface area (Å²) in [5, 5.41) is 12.9. The molecular weight excluding hydrogens is 325 g/mol. The van der Waals surface area contributed by atoms with Gasteiger partial charge < -0.3 is 25.6 Å². The lowest BCUT2D eigenvalue weighted by Crippen LogP contribution is -2.27. The van der Waals surface area contributed by atoms with Crippen LogP contribution < -0.4 is 15.8 Å². The predicted molar refractivity (Wildman–Crippen MR) is 95.2 cm³/mol. The number of benzene rings is 2. The van der Waals surface area contributed by atoms with Gasteiger partial charge in [0, 0.05) is 18.4 Å². The number of aliphatic hydroxyl groups excluding tert-OH is 1. The maximum absolute atomic E-state index is 12.8. The Labute approximate surface area is 146 Å². The van der Waals surface area contributed by atoms with Gasteiger partial charge in [0.25, 0.3) is 0 Å². The van der Waals surface area contributed by atoms with Gasteiger partial charge in [-0.2, -0.15) is 0 Å². The molecule has 6 nitrogen and oxygen atoms in total. The Bertz CT molecular complexity index is 692. The van der Waals surface area contributed by atoms with Crippen LogP contribution in [-0.4, -0.2) is 37.4 Å². The Morgan fingerprint density at radius 3 is 2.68 bits per heavy atom. The van der Waals surface area contributed by atoms with Crippen molar-refractivity contribution < 1.29 is 19.0 Å². The molecule has 0 saturated heterocycles. The van der Waals surface area contributed by atoms with Crippen LogP contribution in [0.1, 0.15) is 5.56 Å². The summed E-state index contributed by atoms with van der Waals surface area (Å²) >= 11 is 0. The van der Waals surface area contributed by atoms with Crippen molar-refractivity contribution in [2.45, 2.75) is 12.7 Å². The second-order valence-corrected chi connectivity index (χ2v) is 5.36. The van der Waals surface area contributed by atoms with Crippen molar-refractivity contribution >= 4 is 11.6 Å². The summed E-state index contributed by atoms with van der Waals surface area (Å²) in [6, 6.07) is 13.1. The molecule has 1 atom stereocenters. The van der Waals surface area contributed by atoms with E-state index in [0.717, 1.165) is 11.3 Å². The van der Waals surface area contributed by atoms with Gasteiger partial charge in [0.15, 0.2) is 5.96 Å². The molecule has 0 aliphatic rings. The minimum atomic E-state index is -0.834. The van der Waals surface area contributed by atoms with E-state index in [1.54, 1.807) is 7.11 Å². The first-order valence-corrected chi connectivity index (χ1v) is 7.78. The van der Waals surface area contributed by atoms with Crippen molar-refractivity contribution in [3.63, 3.8) is 0 Å². The minimum Gasteiger partial charge on any atom is -0.491 e. The number of para-hydroxylation sites is 1. The van der Waals surface area contributed by atoms with Gasteiger partial charge in [-0.1, -0.05) is 18.2 Å². The largest absolute Gasteiger partial charge is 0.491 e. The molecule has 2 aromatic rings. The van der Waals surface area contributed by atoms with Crippen LogP contribution in [0.25, 0.3) is 0 Å². The van der Waals surface area contributed by atoms with E-state index in [1.807, 2.05) is 24.3 Å². The molecule has 7 heteroatoms. The van der Waals surface area contributed by atoms with E-state index in [0.29, 0.717) is 12.4 Å². The summed E-state index contributed by atoms with van der Waals surface area (Å²) < 4.78 is 23.3. The highest BCUT2D eigenvalue weighted by Crippen LogP contribution is 2.15. The number of hydrogen-bond donors (Lipinski definition) is 3. The number of aliphatic imine (C=N–C) groups is 1. The highest BCUT2D eigenvalue weighted by Gasteiger charge is 2.06. The molecule has 4 N–H and O–H groups in total. The van der Waals surface area contributed by atoms with E-state index in [2.05, 4.69) is 10.3 Å². The van der Waals surface area contributed by atoms with E-state index in [1.165, 1.54) is 24.3 Å². The SMILES string of the molecule is COCc1ccccc1NC(N)=NCC(O)COc1ccc(F)cc1. The van der Waals surface area contributed by atoms with Crippen LogP contribution in [0, 0.1) is 5.82 Å². The maximum Gasteiger partial charge on any atom is 0.193 e. The molecule has 25 heavy (non-hydrogen) atoms. The van der Waals surface area contributed by atoms with Crippen molar-refractivity contribution in [3.8, 4) is 5.75 Å². The first kappa shape index (κ1) is 18.7. The monoisotopic (exact) mass is 347 g/mol. The summed E-state index contributed by atoms with van der Waals surface area (Å²) in [6.07, 6.45) is -0.834. The lowest BCUT2D eigenvalue weighted by atomic mass is 10.2. The lowest BCUT2D eigenvalue weighted by molar-refractivity contribution is 0.114. The number of methoxy groups -OCH3 is 1. The molecule has 2 aromatic carbocycles. The number of halogens is 1. The number of rotatable bonds is 8. The normalized spacial score (nSPS) is 12.7. The molecule has 134 valence electrons. The molecule has 2 rings (SSSR count). The third-order valence-electron chi connectivity index (χ3n) is 3.31. The van der Waals surface area contributed by atoms with Gasteiger partial charge in [-0.15, -0.1) is 0 Å². The zero-order chi connectivity index (χ0) is 18.1. The maximum atomic E-state index is 12.8. The van der Waals surface area contributed by atoms with E-state index in [4.69, 9.17) is 15.2 Å². The summed E-state index contributed by atoms with van der Waals surface area (Å²) in [5.74, 6) is 0.318. The highest BCUT2D eigenvalue weighted by molar-refractivity contribution is 5.92. The predicted octanol–water partition coefficient (Wildman–Crippen LogP) is 2.14. The van der Waals surface area contributed by atoms with Gasteiger partial charge in [-0.25, -0.2) is 4.39 Å². The Kier molecular flexibility index (Phi) is 7.18. The fourth-order valence-electron chi connectivity index (χ4n) is 2.08. The summed E-state index contributed by atoms with van der Waals surface area (Å²) in [5.41, 5.74) is 7.59. The molecule has 0 aliphatic carbocycles. The van der Waals surface area contributed by atoms with E-state index < -0.39 is 6.10 Å². The van der Waals surface area contributed by atoms with Crippen LogP contribution in [0.5, 0.6) is 5.75 Å². The van der Waals surface area contributed by atoms with Gasteiger partial charge in [-0.05, 0) is 30.3 Å². The molecule has 0 spiro atoms. The molecule has 0 aromatic heterocycles. The van der Waals surface area contributed by atoms with E-state index in [-0.39, 0.29) is 24.9 Å². The molecule has 0 radical (unpaired) electrons. The molecule has 0 bridgehead atoms. The molecule has 0 aliphatic heterocycles. The minimum absolute atomic E-state index is 0.0304. The number of guanidine groups is 1. The second kappa shape index (κ2) is 9.61. The zero-order valence-electron chi connectivity index (χ0n) is 14.0. The molecule has 0 amide bonds. The van der Waals surface area contributed by atoms with Crippen molar-refractivity contribution in [2.75, 3.05) is 25.6 Å². The van der Waals surface area contributed by atoms with Gasteiger partial charge in [0.1, 0.15) is 24.3 Å². The van der Waals surface area contributed by atoms with Crippen LogP contribution in [0.4, 0.5) is 10.1 Å². The van der Waals surface area contributed by atoms with Crippen LogP contribution >= 0.6 is 0 Å². The standard InChI is InChI=1S/C18H22FN3O3/c1-24-11-13-4-2-3-5-17(13)22-18(20)21-10-15(23)12-25-16-8-6-14(19)7-9-16/h2-9,15,23H,10-12H2,1H3,(H3,20,21,22). The topological polar surface area (TPSA) is 89.1 Å². The van der Waals surface area contributed by atoms with Crippen LogP contribution in [0.15, 0.2) is 53.5 Å². The highest BCUT2D eigenvalue weighted by atomic mass is 19.1. The first-order valence-electron chi connectivity index (χ1n) is 7.78. The lowest BCUT2D eigenvalue weighted by Gasteiger charge is -2.13. The van der Waals surface area contributed by atoms with Crippen molar-refractivity contribution in [3.05, 3.63) is 59.9 Å². The van der Waals surface area contributed by atoms with Crippen LogP contribution in [0.3, 0.4) is 0 Å². The van der Waals surface area contributed by atoms with Crippen molar-refractivity contribution in [2.24, 2.45) is 10.7 Å². The molecule has 0 heterocycles. The molecule has 0 saturated carbocycles. The molecular formula is C18H22FN3O3. The Morgan fingerprint density at radius 1 is 1.24 bits per heavy atom. The Balaban J connectivity index is 1.82. The number of nitrogens with two attached hydrogens (primary N) is 1. The van der Waals surface area contributed by atoms with Crippen molar-refractivity contribution in [1.29, 1.82) is 0 Å². The average Bonchev–Trinajstić information content (AvgIpc) is 2.61. The first-order chi connectivity index (χ1) is 12.1. The van der Waals surface area contributed by atoms with Crippen LogP contribution in [0.2, 0.25) is 0 Å². The fourth-order valence-corrected chi connectivity index (χ4v) is 2.08. The number of hydrogen-bond acceptors (Lipinski definition) is 4. The van der Waals surface area contributed by atoms with Crippen LogP contribution in [-0.2, 0) is 11.3 Å². The Hall–Kier alpha value is -2.64. The quantitative estimate of drug-likeness (QED) is 0.503. The number of ether oxygens (including phenoxy) is 2. The smallest absolute Gasteiger partial charge is 0.193 e. The average molecular weight is 347 g/mol. The molecule has 0 fully saturated rings. The van der Waals surface area contributed by atoms with Gasteiger partial charge in [0.2, 0.25) is 0 Å². The van der Waals surface area contributed by atoms with E-state index in [9.17, 15) is 9.50 Å². The summed E-state index contributed by atoms with van der Waals surface area (Å²) in [4.78, 5) is 4.10. The van der Waals surface area contributed by atoms with Gasteiger partial charge >= 0.3 is 0 Å². The summed E-state index contributed by atoms with van der Waals surface area (Å²) in [7, 11) is 1.62. The van der Waals surface area contributed by atoms with Gasteiger partial charge in [-0.3, -0.25) is 4.99 Å². The fraction of sp³-hybridized carbons (Fsp3) is 0.278. The third-order valence-corrected chi connectivity index (χ3v) is 3.31. The second-order valence-electron chi connectivity index (χ2n) is 5.36. The summed E-state index contributed by atoms with van der Waals surface area (Å²) in [6.45, 7) is 0.555. The number of aliphatic hydroxyl groups is 1.